The van der Waals surface area contributed by atoms with Crippen LogP contribution in [0.25, 0.3) is 10.9 Å². The third kappa shape index (κ3) is 2.40. The average molecular weight is 264 g/mol. The molecule has 3 aromatic rings. The minimum Gasteiger partial charge on any atom is -0.399 e. The summed E-state index contributed by atoms with van der Waals surface area (Å²) in [6.07, 6.45) is 3.63. The van der Waals surface area contributed by atoms with Gasteiger partial charge in [0.25, 0.3) is 0 Å². The highest BCUT2D eigenvalue weighted by Gasteiger charge is 2.08. The number of rotatable bonds is 3. The fourth-order valence-corrected chi connectivity index (χ4v) is 2.30. The molecule has 4 nitrogen and oxygen atoms in total. The Bertz CT molecular complexity index is 725. The van der Waals surface area contributed by atoms with Gasteiger partial charge in [0, 0.05) is 36.2 Å². The van der Waals surface area contributed by atoms with Gasteiger partial charge in [-0.1, -0.05) is 6.07 Å². The third-order valence-corrected chi connectivity index (χ3v) is 3.28. The minimum atomic E-state index is 0.731. The van der Waals surface area contributed by atoms with Crippen LogP contribution in [0.3, 0.4) is 0 Å². The molecule has 2 heterocycles. The second-order valence-electron chi connectivity index (χ2n) is 4.78. The number of nitrogen functional groups attached to an aromatic ring is 1. The van der Waals surface area contributed by atoms with Gasteiger partial charge in [0.15, 0.2) is 0 Å². The van der Waals surface area contributed by atoms with Crippen molar-refractivity contribution in [2.75, 3.05) is 17.7 Å². The van der Waals surface area contributed by atoms with E-state index in [1.807, 2.05) is 54.9 Å². The maximum Gasteiger partial charge on any atom is 0.0743 e. The van der Waals surface area contributed by atoms with E-state index in [9.17, 15) is 0 Å². The molecule has 0 aliphatic heterocycles. The molecule has 20 heavy (non-hydrogen) atoms. The second-order valence-corrected chi connectivity index (χ2v) is 4.78. The van der Waals surface area contributed by atoms with Crippen molar-refractivity contribution in [1.82, 2.24) is 9.97 Å². The van der Waals surface area contributed by atoms with Crippen molar-refractivity contribution in [2.24, 2.45) is 0 Å². The third-order valence-electron chi connectivity index (χ3n) is 3.28. The number of pyridine rings is 2. The molecule has 0 saturated carbocycles. The van der Waals surface area contributed by atoms with E-state index in [1.54, 1.807) is 0 Å². The first-order valence-electron chi connectivity index (χ1n) is 6.49. The van der Waals surface area contributed by atoms with Crippen LogP contribution in [0.5, 0.6) is 0 Å². The van der Waals surface area contributed by atoms with E-state index < -0.39 is 0 Å². The maximum absolute atomic E-state index is 5.81. The summed E-state index contributed by atoms with van der Waals surface area (Å²) in [4.78, 5) is 10.9. The number of anilines is 2. The molecule has 4 heteroatoms. The summed E-state index contributed by atoms with van der Waals surface area (Å²) < 4.78 is 0. The Morgan fingerprint density at radius 1 is 1.05 bits per heavy atom. The summed E-state index contributed by atoms with van der Waals surface area (Å²) >= 11 is 0. The van der Waals surface area contributed by atoms with Crippen LogP contribution in [0, 0.1) is 0 Å². The van der Waals surface area contributed by atoms with Crippen LogP contribution in [0.15, 0.2) is 54.9 Å². The van der Waals surface area contributed by atoms with Gasteiger partial charge in [-0.05, 0) is 36.4 Å². The Balaban J connectivity index is 1.97. The van der Waals surface area contributed by atoms with Gasteiger partial charge in [-0.3, -0.25) is 9.97 Å². The molecule has 3 rings (SSSR count). The van der Waals surface area contributed by atoms with Gasteiger partial charge < -0.3 is 10.6 Å². The van der Waals surface area contributed by atoms with Crippen molar-refractivity contribution in [1.29, 1.82) is 0 Å². The lowest BCUT2D eigenvalue weighted by atomic mass is 10.1. The Morgan fingerprint density at radius 3 is 2.75 bits per heavy atom. The topological polar surface area (TPSA) is 55.0 Å². The molecule has 0 unspecified atom stereocenters. The molecule has 0 amide bonds. The van der Waals surface area contributed by atoms with Gasteiger partial charge in [-0.25, -0.2) is 0 Å². The first kappa shape index (κ1) is 12.4. The van der Waals surface area contributed by atoms with Crippen molar-refractivity contribution in [3.8, 4) is 0 Å². The number of aromatic nitrogens is 2. The van der Waals surface area contributed by atoms with Crippen LogP contribution in [0.2, 0.25) is 0 Å². The lowest BCUT2D eigenvalue weighted by Gasteiger charge is -2.20. The van der Waals surface area contributed by atoms with Crippen molar-refractivity contribution < 1.29 is 0 Å². The molecular weight excluding hydrogens is 248 g/mol. The zero-order valence-electron chi connectivity index (χ0n) is 11.3. The number of fused-ring (bicyclic) bond motifs is 1. The van der Waals surface area contributed by atoms with Gasteiger partial charge in [0.05, 0.1) is 17.8 Å². The van der Waals surface area contributed by atoms with E-state index in [1.165, 1.54) is 0 Å². The highest BCUT2D eigenvalue weighted by atomic mass is 15.1. The zero-order valence-corrected chi connectivity index (χ0v) is 11.3. The highest BCUT2D eigenvalue weighted by molar-refractivity contribution is 5.93. The molecule has 0 fully saturated rings. The summed E-state index contributed by atoms with van der Waals surface area (Å²) in [7, 11) is 2.06. The van der Waals surface area contributed by atoms with E-state index >= 15 is 0 Å². The van der Waals surface area contributed by atoms with E-state index in [0.717, 1.165) is 34.5 Å². The molecule has 1 aromatic carbocycles. The van der Waals surface area contributed by atoms with Crippen molar-refractivity contribution >= 4 is 22.3 Å². The number of benzene rings is 1. The zero-order chi connectivity index (χ0) is 13.9. The molecule has 0 radical (unpaired) electrons. The maximum atomic E-state index is 5.81. The van der Waals surface area contributed by atoms with Crippen molar-refractivity contribution in [3.63, 3.8) is 0 Å². The smallest absolute Gasteiger partial charge is 0.0743 e. The summed E-state index contributed by atoms with van der Waals surface area (Å²) in [6, 6.07) is 13.8. The van der Waals surface area contributed by atoms with Gasteiger partial charge in [-0.15, -0.1) is 0 Å². The summed E-state index contributed by atoms with van der Waals surface area (Å²) in [5, 5.41) is 1.10. The van der Waals surface area contributed by atoms with Crippen molar-refractivity contribution in [3.05, 3.63) is 60.6 Å². The largest absolute Gasteiger partial charge is 0.399 e. The lowest BCUT2D eigenvalue weighted by molar-refractivity contribution is 0.888. The molecule has 0 atom stereocenters. The van der Waals surface area contributed by atoms with Crippen LogP contribution in [0.1, 0.15) is 5.69 Å². The second kappa shape index (κ2) is 5.17. The standard InChI is InChI=1S/C16H16N4/c1-20(11-13-4-2-3-8-18-13)16-7-9-19-15-10-12(17)5-6-14(15)16/h2-10H,11,17H2,1H3. The van der Waals surface area contributed by atoms with Crippen LogP contribution in [-0.2, 0) is 6.54 Å². The number of nitrogens with zero attached hydrogens (tertiary/aromatic N) is 3. The van der Waals surface area contributed by atoms with Crippen molar-refractivity contribution in [2.45, 2.75) is 6.54 Å². The quantitative estimate of drug-likeness (QED) is 0.739. The molecule has 2 aromatic heterocycles. The first-order chi connectivity index (χ1) is 9.74. The van der Waals surface area contributed by atoms with Crippen LogP contribution in [0.4, 0.5) is 11.4 Å². The predicted octanol–water partition coefficient (Wildman–Crippen LogP) is 2.85. The van der Waals surface area contributed by atoms with Crippen LogP contribution < -0.4 is 10.6 Å². The molecule has 2 N–H and O–H groups in total. The Hall–Kier alpha value is -2.62. The number of nitrogens with two attached hydrogens (primary N) is 1. The highest BCUT2D eigenvalue weighted by Crippen LogP contribution is 2.26. The molecule has 0 aliphatic rings. The monoisotopic (exact) mass is 264 g/mol. The van der Waals surface area contributed by atoms with E-state index in [0.29, 0.717) is 0 Å². The SMILES string of the molecule is CN(Cc1ccccn1)c1ccnc2cc(N)ccc12. The van der Waals surface area contributed by atoms with Crippen LogP contribution >= 0.6 is 0 Å². The number of hydrogen-bond acceptors (Lipinski definition) is 4. The lowest BCUT2D eigenvalue weighted by Crippen LogP contribution is -2.17. The summed E-state index contributed by atoms with van der Waals surface area (Å²) in [5.74, 6) is 0. The van der Waals surface area contributed by atoms with E-state index in [4.69, 9.17) is 5.73 Å². The Labute approximate surface area is 117 Å². The van der Waals surface area contributed by atoms with Gasteiger partial charge in [0.2, 0.25) is 0 Å². The van der Waals surface area contributed by atoms with Gasteiger partial charge >= 0.3 is 0 Å². The Morgan fingerprint density at radius 2 is 1.95 bits per heavy atom. The molecule has 0 saturated heterocycles. The molecule has 100 valence electrons. The fourth-order valence-electron chi connectivity index (χ4n) is 2.30. The molecule has 0 spiro atoms. The van der Waals surface area contributed by atoms with E-state index in [2.05, 4.69) is 21.9 Å². The summed E-state index contributed by atoms with van der Waals surface area (Å²) in [5.41, 5.74) is 9.62. The van der Waals surface area contributed by atoms with Gasteiger partial charge in [0.1, 0.15) is 0 Å². The molecule has 0 bridgehead atoms. The fraction of sp³-hybridized carbons (Fsp3) is 0.125. The Kier molecular flexibility index (Phi) is 3.21. The molecule has 0 aliphatic carbocycles. The first-order valence-corrected chi connectivity index (χ1v) is 6.49. The number of hydrogen-bond donors (Lipinski definition) is 1. The van der Waals surface area contributed by atoms with Crippen LogP contribution in [-0.4, -0.2) is 17.0 Å². The molecular formula is C16H16N4. The summed E-state index contributed by atoms with van der Waals surface area (Å²) in [6.45, 7) is 0.754. The predicted molar refractivity (Wildman–Crippen MR) is 82.5 cm³/mol. The normalized spacial score (nSPS) is 10.7. The van der Waals surface area contributed by atoms with E-state index in [-0.39, 0.29) is 0 Å². The minimum absolute atomic E-state index is 0.731. The average Bonchev–Trinajstić information content (AvgIpc) is 2.47. The van der Waals surface area contributed by atoms with Gasteiger partial charge in [-0.2, -0.15) is 0 Å².